The number of aromatic nitrogens is 2. The first-order valence-corrected chi connectivity index (χ1v) is 8.51. The summed E-state index contributed by atoms with van der Waals surface area (Å²) in [5.74, 6) is 2.01. The van der Waals surface area contributed by atoms with Crippen LogP contribution in [0, 0.1) is 5.92 Å². The molecule has 1 aromatic carbocycles. The Bertz CT molecular complexity index is 648. The molecule has 2 aromatic rings. The third-order valence-corrected chi connectivity index (χ3v) is 4.42. The molecular formula is C19H25N3O. The normalized spacial score (nSPS) is 18.4. The number of imidazole rings is 1. The highest BCUT2D eigenvalue weighted by molar-refractivity contribution is 5.76. The van der Waals surface area contributed by atoms with Crippen molar-refractivity contribution in [2.75, 3.05) is 13.1 Å². The minimum absolute atomic E-state index is 0.277. The number of aromatic amines is 1. The van der Waals surface area contributed by atoms with E-state index in [9.17, 15) is 4.79 Å². The molecule has 0 unspecified atom stereocenters. The maximum atomic E-state index is 12.3. The van der Waals surface area contributed by atoms with Gasteiger partial charge in [0.2, 0.25) is 5.91 Å². The third-order valence-electron chi connectivity index (χ3n) is 4.42. The number of benzene rings is 1. The van der Waals surface area contributed by atoms with Crippen LogP contribution in [0.2, 0.25) is 0 Å². The first-order valence-electron chi connectivity index (χ1n) is 8.51. The number of carbonyl (C=O) groups excluding carboxylic acids is 1. The van der Waals surface area contributed by atoms with Gasteiger partial charge in [0.15, 0.2) is 0 Å². The Morgan fingerprint density at radius 3 is 2.87 bits per heavy atom. The van der Waals surface area contributed by atoms with Gasteiger partial charge in [-0.05, 0) is 24.3 Å². The third kappa shape index (κ3) is 3.81. The van der Waals surface area contributed by atoms with Crippen LogP contribution in [0.25, 0.3) is 11.3 Å². The van der Waals surface area contributed by atoms with E-state index in [-0.39, 0.29) is 5.91 Å². The van der Waals surface area contributed by atoms with Gasteiger partial charge in [0.05, 0.1) is 11.9 Å². The number of carbonyl (C=O) groups is 1. The van der Waals surface area contributed by atoms with Gasteiger partial charge < -0.3 is 9.88 Å². The molecule has 1 atom stereocenters. The molecule has 0 radical (unpaired) electrons. The largest absolute Gasteiger partial charge is 0.342 e. The van der Waals surface area contributed by atoms with E-state index in [1.54, 1.807) is 0 Å². The first-order chi connectivity index (χ1) is 11.1. The molecule has 1 amide bonds. The summed E-state index contributed by atoms with van der Waals surface area (Å²) in [6.45, 7) is 5.86. The highest BCUT2D eigenvalue weighted by atomic mass is 16.2. The minimum atomic E-state index is 0.277. The fourth-order valence-corrected chi connectivity index (χ4v) is 3.21. The van der Waals surface area contributed by atoms with Crippen LogP contribution in [0.5, 0.6) is 0 Å². The van der Waals surface area contributed by atoms with Crippen LogP contribution in [0.4, 0.5) is 0 Å². The van der Waals surface area contributed by atoms with Crippen LogP contribution in [-0.2, 0) is 4.79 Å². The summed E-state index contributed by atoms with van der Waals surface area (Å²) in [5.41, 5.74) is 2.20. The predicted octanol–water partition coefficient (Wildman–Crippen LogP) is 3.83. The van der Waals surface area contributed by atoms with Crippen LogP contribution in [0.3, 0.4) is 0 Å². The van der Waals surface area contributed by atoms with Crippen molar-refractivity contribution in [2.24, 2.45) is 5.92 Å². The minimum Gasteiger partial charge on any atom is -0.342 e. The molecule has 122 valence electrons. The molecule has 1 aliphatic rings. The van der Waals surface area contributed by atoms with Crippen LogP contribution < -0.4 is 0 Å². The molecule has 4 nitrogen and oxygen atoms in total. The van der Waals surface area contributed by atoms with Gasteiger partial charge in [0.1, 0.15) is 5.82 Å². The van der Waals surface area contributed by atoms with Crippen molar-refractivity contribution in [3.8, 4) is 11.3 Å². The number of H-pyrrole nitrogens is 1. The monoisotopic (exact) mass is 311 g/mol. The Hall–Kier alpha value is -2.10. The van der Waals surface area contributed by atoms with Gasteiger partial charge in [-0.2, -0.15) is 0 Å². The topological polar surface area (TPSA) is 49.0 Å². The fourth-order valence-electron chi connectivity index (χ4n) is 3.21. The van der Waals surface area contributed by atoms with Gasteiger partial charge in [-0.1, -0.05) is 44.2 Å². The molecule has 0 spiro atoms. The molecule has 0 saturated carbocycles. The lowest BCUT2D eigenvalue weighted by Crippen LogP contribution is -2.39. The maximum absolute atomic E-state index is 12.3. The molecule has 4 heteroatoms. The van der Waals surface area contributed by atoms with Gasteiger partial charge in [-0.15, -0.1) is 0 Å². The van der Waals surface area contributed by atoms with Crippen molar-refractivity contribution in [1.82, 2.24) is 14.9 Å². The number of hydrogen-bond donors (Lipinski definition) is 1. The summed E-state index contributed by atoms with van der Waals surface area (Å²) in [5, 5.41) is 0. The van der Waals surface area contributed by atoms with E-state index >= 15 is 0 Å². The zero-order valence-corrected chi connectivity index (χ0v) is 14.0. The lowest BCUT2D eigenvalue weighted by molar-refractivity contribution is -0.133. The van der Waals surface area contributed by atoms with Crippen LogP contribution >= 0.6 is 0 Å². The van der Waals surface area contributed by atoms with E-state index in [0.29, 0.717) is 18.3 Å². The van der Waals surface area contributed by atoms with Crippen LogP contribution in [-0.4, -0.2) is 33.9 Å². The summed E-state index contributed by atoms with van der Waals surface area (Å²) < 4.78 is 0. The van der Waals surface area contributed by atoms with E-state index in [1.807, 2.05) is 29.3 Å². The fraction of sp³-hybridized carbons (Fsp3) is 0.474. The van der Waals surface area contributed by atoms with Crippen molar-refractivity contribution < 1.29 is 4.79 Å². The molecule has 1 aromatic heterocycles. The molecule has 1 saturated heterocycles. The summed E-state index contributed by atoms with van der Waals surface area (Å²) in [6, 6.07) is 10.2. The van der Waals surface area contributed by atoms with Gasteiger partial charge >= 0.3 is 0 Å². The van der Waals surface area contributed by atoms with Crippen molar-refractivity contribution in [1.29, 1.82) is 0 Å². The van der Waals surface area contributed by atoms with E-state index in [1.165, 1.54) is 0 Å². The number of amides is 1. The highest BCUT2D eigenvalue weighted by Gasteiger charge is 2.26. The Kier molecular flexibility index (Phi) is 4.79. The number of nitrogens with zero attached hydrogens (tertiary/aromatic N) is 2. The van der Waals surface area contributed by atoms with Gasteiger partial charge in [0.25, 0.3) is 0 Å². The number of likely N-dealkylation sites (tertiary alicyclic amines) is 1. The lowest BCUT2D eigenvalue weighted by Gasteiger charge is -2.32. The molecule has 1 fully saturated rings. The molecule has 2 heterocycles. The Morgan fingerprint density at radius 1 is 1.35 bits per heavy atom. The molecule has 1 aliphatic heterocycles. The first kappa shape index (κ1) is 15.8. The van der Waals surface area contributed by atoms with Crippen molar-refractivity contribution in [3.05, 3.63) is 42.4 Å². The SMILES string of the molecule is CC(C)CC(=O)N1CCC[C@@H](c2ncc(-c3ccccc3)[nH]2)C1. The zero-order chi connectivity index (χ0) is 16.2. The van der Waals surface area contributed by atoms with Crippen molar-refractivity contribution >= 4 is 5.91 Å². The van der Waals surface area contributed by atoms with E-state index in [4.69, 9.17) is 0 Å². The number of rotatable bonds is 4. The maximum Gasteiger partial charge on any atom is 0.222 e. The van der Waals surface area contributed by atoms with Gasteiger partial charge in [-0.3, -0.25) is 4.79 Å². The smallest absolute Gasteiger partial charge is 0.222 e. The Morgan fingerprint density at radius 2 is 2.13 bits per heavy atom. The average Bonchev–Trinajstić information content (AvgIpc) is 3.05. The molecule has 0 aliphatic carbocycles. The highest BCUT2D eigenvalue weighted by Crippen LogP contribution is 2.27. The van der Waals surface area contributed by atoms with E-state index in [2.05, 4.69) is 35.9 Å². The summed E-state index contributed by atoms with van der Waals surface area (Å²) in [6.07, 6.45) is 4.68. The second-order valence-corrected chi connectivity index (χ2v) is 6.83. The molecule has 0 bridgehead atoms. The Balaban J connectivity index is 1.70. The molecule has 23 heavy (non-hydrogen) atoms. The predicted molar refractivity (Wildman–Crippen MR) is 92.0 cm³/mol. The summed E-state index contributed by atoms with van der Waals surface area (Å²) in [7, 11) is 0. The Labute approximate surface area is 137 Å². The molecule has 3 rings (SSSR count). The zero-order valence-electron chi connectivity index (χ0n) is 14.0. The lowest BCUT2D eigenvalue weighted by atomic mass is 9.96. The number of nitrogens with one attached hydrogen (secondary N) is 1. The van der Waals surface area contributed by atoms with E-state index in [0.717, 1.165) is 43.0 Å². The number of piperidine rings is 1. The quantitative estimate of drug-likeness (QED) is 0.933. The van der Waals surface area contributed by atoms with Crippen LogP contribution in [0.15, 0.2) is 36.5 Å². The average molecular weight is 311 g/mol. The van der Waals surface area contributed by atoms with Crippen LogP contribution in [0.1, 0.15) is 44.9 Å². The van der Waals surface area contributed by atoms with E-state index < -0.39 is 0 Å². The second-order valence-electron chi connectivity index (χ2n) is 6.83. The molecular weight excluding hydrogens is 286 g/mol. The van der Waals surface area contributed by atoms with Gasteiger partial charge in [-0.25, -0.2) is 4.98 Å². The standard InChI is InChI=1S/C19H25N3O/c1-14(2)11-18(23)22-10-6-9-16(13-22)19-20-12-17(21-19)15-7-4-3-5-8-15/h3-5,7-8,12,14,16H,6,9-11,13H2,1-2H3,(H,20,21)/t16-/m1/s1. The second kappa shape index (κ2) is 6.99. The summed E-state index contributed by atoms with van der Waals surface area (Å²) >= 11 is 0. The van der Waals surface area contributed by atoms with Gasteiger partial charge in [0, 0.05) is 25.4 Å². The summed E-state index contributed by atoms with van der Waals surface area (Å²) in [4.78, 5) is 22.3. The number of hydrogen-bond acceptors (Lipinski definition) is 2. The van der Waals surface area contributed by atoms with Crippen molar-refractivity contribution in [3.63, 3.8) is 0 Å². The van der Waals surface area contributed by atoms with Crippen molar-refractivity contribution in [2.45, 2.75) is 39.0 Å². The molecule has 1 N–H and O–H groups in total.